The number of methoxy groups -OCH3 is 1. The summed E-state index contributed by atoms with van der Waals surface area (Å²) in [4.78, 5) is 7.97. The fraction of sp³-hybridized carbons (Fsp3) is 0.273. The Bertz CT molecular complexity index is 603. The molecule has 0 amide bonds. The zero-order valence-electron chi connectivity index (χ0n) is 9.75. The van der Waals surface area contributed by atoms with Gasteiger partial charge in [-0.15, -0.1) is 0 Å². The molecule has 0 fully saturated rings. The Morgan fingerprint density at radius 1 is 1.32 bits per heavy atom. The number of alkyl halides is 3. The number of aromatic nitrogens is 2. The van der Waals surface area contributed by atoms with Crippen LogP contribution in [0, 0.1) is 0 Å². The summed E-state index contributed by atoms with van der Waals surface area (Å²) in [6.45, 7) is 0.0367. The predicted octanol–water partition coefficient (Wildman–Crippen LogP) is 3.47. The number of rotatable bonds is 3. The van der Waals surface area contributed by atoms with Gasteiger partial charge in [0.25, 0.3) is 0 Å². The molecule has 0 saturated heterocycles. The van der Waals surface area contributed by atoms with E-state index in [2.05, 4.69) is 25.9 Å². The van der Waals surface area contributed by atoms with Crippen molar-refractivity contribution in [2.24, 2.45) is 0 Å². The number of nitrogens with zero attached hydrogens (tertiary/aromatic N) is 2. The number of hydrogen-bond acceptors (Lipinski definition) is 4. The first-order valence-corrected chi connectivity index (χ1v) is 5.98. The number of nitrogens with one attached hydrogen (secondary N) is 1. The Balaban J connectivity index is 2.58. The molecule has 1 aromatic carbocycles. The molecule has 102 valence electrons. The summed E-state index contributed by atoms with van der Waals surface area (Å²) in [7, 11) is 1.42. The number of anilines is 1. The number of fused-ring (bicyclic) bond motifs is 1. The zero-order chi connectivity index (χ0) is 14.0. The topological polar surface area (TPSA) is 47.0 Å². The van der Waals surface area contributed by atoms with E-state index in [1.807, 2.05) is 0 Å². The summed E-state index contributed by atoms with van der Waals surface area (Å²) in [5.74, 6) is -0.100. The van der Waals surface area contributed by atoms with Gasteiger partial charge in [0.1, 0.15) is 12.4 Å². The molecule has 2 aromatic rings. The van der Waals surface area contributed by atoms with Crippen LogP contribution in [0.25, 0.3) is 10.9 Å². The molecule has 2 rings (SSSR count). The average Bonchev–Trinajstić information content (AvgIpc) is 2.26. The smallest absolute Gasteiger partial charge is 0.377 e. The van der Waals surface area contributed by atoms with Crippen LogP contribution in [0.4, 0.5) is 19.0 Å². The van der Waals surface area contributed by atoms with Gasteiger partial charge >= 0.3 is 6.30 Å². The van der Waals surface area contributed by atoms with Gasteiger partial charge in [0, 0.05) is 17.0 Å². The van der Waals surface area contributed by atoms with Crippen LogP contribution in [0.5, 0.6) is 0 Å². The van der Waals surface area contributed by atoms with Crippen LogP contribution in [0.15, 0.2) is 22.7 Å². The first-order valence-electron chi connectivity index (χ1n) is 5.19. The van der Waals surface area contributed by atoms with Crippen LogP contribution in [0.3, 0.4) is 0 Å². The molecule has 0 radical (unpaired) electrons. The lowest BCUT2D eigenvalue weighted by molar-refractivity contribution is -0.100. The molecule has 0 aliphatic rings. The number of hydrogen-bond donors (Lipinski definition) is 1. The van der Waals surface area contributed by atoms with Crippen LogP contribution in [-0.2, 0) is 11.3 Å². The van der Waals surface area contributed by atoms with E-state index in [1.54, 1.807) is 12.1 Å². The van der Waals surface area contributed by atoms with Crippen molar-refractivity contribution in [3.8, 4) is 0 Å². The van der Waals surface area contributed by atoms with Gasteiger partial charge in [0.15, 0.2) is 5.82 Å². The summed E-state index contributed by atoms with van der Waals surface area (Å²) in [6.07, 6.45) is -4.56. The SMILES string of the molecule is COCc1nc(NC(F)(F)F)c2ccc(Br)cc2n1. The van der Waals surface area contributed by atoms with Crippen LogP contribution in [0.2, 0.25) is 0 Å². The van der Waals surface area contributed by atoms with Gasteiger partial charge in [-0.3, -0.25) is 5.32 Å². The highest BCUT2D eigenvalue weighted by atomic mass is 79.9. The summed E-state index contributed by atoms with van der Waals surface area (Å²) < 4.78 is 42.9. The lowest BCUT2D eigenvalue weighted by Gasteiger charge is -2.12. The second-order valence-electron chi connectivity index (χ2n) is 3.71. The molecule has 1 aromatic heterocycles. The fourth-order valence-corrected chi connectivity index (χ4v) is 1.92. The molecule has 0 unspecified atom stereocenters. The second kappa shape index (κ2) is 5.30. The first kappa shape index (κ1) is 14.0. The monoisotopic (exact) mass is 335 g/mol. The highest BCUT2D eigenvalue weighted by molar-refractivity contribution is 9.10. The van der Waals surface area contributed by atoms with Crippen molar-refractivity contribution in [2.45, 2.75) is 12.9 Å². The van der Waals surface area contributed by atoms with E-state index in [0.717, 1.165) is 4.47 Å². The van der Waals surface area contributed by atoms with E-state index in [4.69, 9.17) is 4.74 Å². The molecular formula is C11H9BrF3N3O. The molecule has 0 aliphatic carbocycles. The first-order chi connectivity index (χ1) is 8.89. The largest absolute Gasteiger partial charge is 0.483 e. The van der Waals surface area contributed by atoms with E-state index >= 15 is 0 Å². The highest BCUT2D eigenvalue weighted by Gasteiger charge is 2.29. The normalized spacial score (nSPS) is 11.8. The van der Waals surface area contributed by atoms with Crippen molar-refractivity contribution in [1.82, 2.24) is 9.97 Å². The Morgan fingerprint density at radius 2 is 2.05 bits per heavy atom. The van der Waals surface area contributed by atoms with Crippen LogP contribution in [-0.4, -0.2) is 23.4 Å². The Morgan fingerprint density at radius 3 is 2.68 bits per heavy atom. The third-order valence-electron chi connectivity index (χ3n) is 2.24. The molecule has 4 nitrogen and oxygen atoms in total. The molecule has 0 aliphatic heterocycles. The van der Waals surface area contributed by atoms with Crippen molar-refractivity contribution in [3.63, 3.8) is 0 Å². The molecule has 1 N–H and O–H groups in total. The van der Waals surface area contributed by atoms with Crippen molar-refractivity contribution in [3.05, 3.63) is 28.5 Å². The molecule has 0 spiro atoms. The number of ether oxygens (including phenoxy) is 1. The van der Waals surface area contributed by atoms with Crippen LogP contribution < -0.4 is 5.32 Å². The average molecular weight is 336 g/mol. The lowest BCUT2D eigenvalue weighted by atomic mass is 10.2. The molecule has 1 heterocycles. The van der Waals surface area contributed by atoms with E-state index in [9.17, 15) is 13.2 Å². The minimum absolute atomic E-state index is 0.0367. The maximum Gasteiger partial charge on any atom is 0.483 e. The lowest BCUT2D eigenvalue weighted by Crippen LogP contribution is -2.22. The van der Waals surface area contributed by atoms with Gasteiger partial charge in [0.05, 0.1) is 5.52 Å². The van der Waals surface area contributed by atoms with Crippen molar-refractivity contribution in [2.75, 3.05) is 12.4 Å². The Hall–Kier alpha value is -1.41. The van der Waals surface area contributed by atoms with E-state index in [0.29, 0.717) is 10.9 Å². The summed E-state index contributed by atoms with van der Waals surface area (Å²) in [5, 5.41) is 1.71. The van der Waals surface area contributed by atoms with E-state index in [-0.39, 0.29) is 18.2 Å². The summed E-state index contributed by atoms with van der Waals surface area (Å²) in [5.41, 5.74) is 0.406. The standard InChI is InChI=1S/C11H9BrF3N3O/c1-19-5-9-16-8-4-6(12)2-3-7(8)10(17-9)18-11(13,14)15/h2-4H,5H2,1H3,(H,16,17,18). The van der Waals surface area contributed by atoms with Gasteiger partial charge in [-0.1, -0.05) is 15.9 Å². The summed E-state index contributed by atoms with van der Waals surface area (Å²) in [6, 6.07) is 4.77. The zero-order valence-corrected chi connectivity index (χ0v) is 11.3. The molecule has 0 atom stereocenters. The minimum Gasteiger partial charge on any atom is -0.377 e. The number of benzene rings is 1. The third-order valence-corrected chi connectivity index (χ3v) is 2.73. The molecular weight excluding hydrogens is 327 g/mol. The van der Waals surface area contributed by atoms with Gasteiger partial charge in [-0.2, -0.15) is 13.2 Å². The minimum atomic E-state index is -4.56. The molecule has 0 bridgehead atoms. The second-order valence-corrected chi connectivity index (χ2v) is 4.62. The van der Waals surface area contributed by atoms with Gasteiger partial charge in [-0.25, -0.2) is 9.97 Å². The predicted molar refractivity (Wildman–Crippen MR) is 67.6 cm³/mol. The highest BCUT2D eigenvalue weighted by Crippen LogP contribution is 2.27. The van der Waals surface area contributed by atoms with E-state index in [1.165, 1.54) is 18.5 Å². The maximum atomic E-state index is 12.5. The molecule has 0 saturated carbocycles. The van der Waals surface area contributed by atoms with Crippen LogP contribution >= 0.6 is 15.9 Å². The summed E-state index contributed by atoms with van der Waals surface area (Å²) >= 11 is 3.25. The van der Waals surface area contributed by atoms with Crippen molar-refractivity contribution < 1.29 is 17.9 Å². The fourth-order valence-electron chi connectivity index (χ4n) is 1.57. The van der Waals surface area contributed by atoms with Crippen molar-refractivity contribution in [1.29, 1.82) is 0 Å². The van der Waals surface area contributed by atoms with Crippen molar-refractivity contribution >= 4 is 32.7 Å². The molecule has 8 heteroatoms. The Labute approximate surface area is 115 Å². The maximum absolute atomic E-state index is 12.5. The molecule has 19 heavy (non-hydrogen) atoms. The van der Waals surface area contributed by atoms with Crippen LogP contribution in [0.1, 0.15) is 5.82 Å². The van der Waals surface area contributed by atoms with Gasteiger partial charge in [-0.05, 0) is 18.2 Å². The third kappa shape index (κ3) is 3.54. The Kier molecular flexibility index (Phi) is 3.91. The van der Waals surface area contributed by atoms with Gasteiger partial charge < -0.3 is 4.74 Å². The quantitative estimate of drug-likeness (QED) is 0.872. The van der Waals surface area contributed by atoms with E-state index < -0.39 is 6.30 Å². The number of halogens is 4. The van der Waals surface area contributed by atoms with Gasteiger partial charge in [0.2, 0.25) is 0 Å².